The topological polar surface area (TPSA) is 71.4 Å². The van der Waals surface area contributed by atoms with Crippen LogP contribution in [0.4, 0.5) is 0 Å². The summed E-state index contributed by atoms with van der Waals surface area (Å²) in [5.74, 6) is -3.33. The van der Waals surface area contributed by atoms with Crippen LogP contribution in [0.3, 0.4) is 0 Å². The number of carboxylic acid groups (broad SMARTS) is 1. The molecule has 92 valence electrons. The van der Waals surface area contributed by atoms with E-state index in [2.05, 4.69) is 0 Å². The number of Topliss-reactive ketones (excluding diaryl/α,β-unsaturated/α-hetero) is 2. The summed E-state index contributed by atoms with van der Waals surface area (Å²) in [5.41, 5.74) is 1.02. The Kier molecular flexibility index (Phi) is 3.10. The second-order valence-corrected chi connectivity index (χ2v) is 4.14. The number of ketones is 2. The number of carbonyl (C=O) groups excluding carboxylic acids is 2. The smallest absolute Gasteiger partial charge is 0.311 e. The number of hydrogen-bond donors (Lipinski definition) is 1. The summed E-state index contributed by atoms with van der Waals surface area (Å²) < 4.78 is 0. The Morgan fingerprint density at radius 1 is 1.22 bits per heavy atom. The van der Waals surface area contributed by atoms with E-state index >= 15 is 0 Å². The van der Waals surface area contributed by atoms with E-state index < -0.39 is 23.5 Å². The van der Waals surface area contributed by atoms with E-state index in [1.165, 1.54) is 6.08 Å². The summed E-state index contributed by atoms with van der Waals surface area (Å²) >= 11 is 0. The van der Waals surface area contributed by atoms with Gasteiger partial charge in [0.2, 0.25) is 11.6 Å². The molecular formula is C14H12O4. The number of benzene rings is 1. The van der Waals surface area contributed by atoms with E-state index in [0.717, 1.165) is 0 Å². The molecule has 1 unspecified atom stereocenters. The van der Waals surface area contributed by atoms with Gasteiger partial charge in [0, 0.05) is 11.1 Å². The normalized spacial score (nSPS) is 15.9. The summed E-state index contributed by atoms with van der Waals surface area (Å²) in [5, 5.41) is 9.07. The van der Waals surface area contributed by atoms with Crippen molar-refractivity contribution in [3.63, 3.8) is 0 Å². The van der Waals surface area contributed by atoms with Crippen LogP contribution in [0.25, 0.3) is 6.08 Å². The molecular weight excluding hydrogens is 232 g/mol. The molecule has 2 rings (SSSR count). The van der Waals surface area contributed by atoms with Crippen LogP contribution < -0.4 is 0 Å². The molecule has 0 spiro atoms. The van der Waals surface area contributed by atoms with Gasteiger partial charge in [-0.05, 0) is 18.1 Å². The van der Waals surface area contributed by atoms with Gasteiger partial charge in [0.25, 0.3) is 0 Å². The van der Waals surface area contributed by atoms with Crippen molar-refractivity contribution in [2.45, 2.75) is 13.3 Å². The molecule has 0 bridgehead atoms. The zero-order valence-electron chi connectivity index (χ0n) is 9.84. The van der Waals surface area contributed by atoms with E-state index in [4.69, 9.17) is 5.11 Å². The molecule has 0 radical (unpaired) electrons. The second-order valence-electron chi connectivity index (χ2n) is 4.14. The van der Waals surface area contributed by atoms with Crippen molar-refractivity contribution < 1.29 is 19.5 Å². The Morgan fingerprint density at radius 3 is 2.50 bits per heavy atom. The van der Waals surface area contributed by atoms with Crippen LogP contribution in [0, 0.1) is 5.92 Å². The van der Waals surface area contributed by atoms with Crippen LogP contribution in [0.15, 0.2) is 29.8 Å². The van der Waals surface area contributed by atoms with Gasteiger partial charge in [0.05, 0.1) is 5.92 Å². The molecule has 4 heteroatoms. The van der Waals surface area contributed by atoms with Crippen molar-refractivity contribution in [2.24, 2.45) is 5.92 Å². The Hall–Kier alpha value is -2.23. The lowest BCUT2D eigenvalue weighted by atomic mass is 9.83. The van der Waals surface area contributed by atoms with E-state index in [-0.39, 0.29) is 12.0 Å². The van der Waals surface area contributed by atoms with E-state index in [0.29, 0.717) is 11.1 Å². The maximum atomic E-state index is 11.9. The molecule has 18 heavy (non-hydrogen) atoms. The van der Waals surface area contributed by atoms with Gasteiger partial charge < -0.3 is 5.11 Å². The van der Waals surface area contributed by atoms with Crippen molar-refractivity contribution in [3.05, 3.63) is 41.0 Å². The SMILES string of the molecule is CCC(C(=O)O)C1=Cc2ccccc2C(=O)C1=O. The van der Waals surface area contributed by atoms with Gasteiger partial charge >= 0.3 is 5.97 Å². The lowest BCUT2D eigenvalue weighted by Crippen LogP contribution is -2.29. The molecule has 0 aliphatic heterocycles. The van der Waals surface area contributed by atoms with E-state index in [1.54, 1.807) is 31.2 Å². The van der Waals surface area contributed by atoms with Gasteiger partial charge in [-0.3, -0.25) is 14.4 Å². The monoisotopic (exact) mass is 244 g/mol. The van der Waals surface area contributed by atoms with Gasteiger partial charge in [-0.15, -0.1) is 0 Å². The average Bonchev–Trinajstić information content (AvgIpc) is 2.36. The molecule has 0 fully saturated rings. The number of carboxylic acids is 1. The summed E-state index contributed by atoms with van der Waals surface area (Å²) in [7, 11) is 0. The molecule has 0 aromatic heterocycles. The van der Waals surface area contributed by atoms with Crippen molar-refractivity contribution in [1.82, 2.24) is 0 Å². The predicted molar refractivity (Wildman–Crippen MR) is 65.2 cm³/mol. The minimum Gasteiger partial charge on any atom is -0.481 e. The summed E-state index contributed by atoms with van der Waals surface area (Å²) in [6.45, 7) is 1.68. The van der Waals surface area contributed by atoms with Crippen LogP contribution in [0.2, 0.25) is 0 Å². The summed E-state index contributed by atoms with van der Waals surface area (Å²) in [6.07, 6.45) is 1.80. The molecule has 1 atom stereocenters. The highest BCUT2D eigenvalue weighted by molar-refractivity contribution is 6.52. The zero-order chi connectivity index (χ0) is 13.3. The fourth-order valence-electron chi connectivity index (χ4n) is 2.10. The van der Waals surface area contributed by atoms with Gasteiger partial charge in [-0.2, -0.15) is 0 Å². The van der Waals surface area contributed by atoms with E-state index in [1.807, 2.05) is 0 Å². The highest BCUT2D eigenvalue weighted by Crippen LogP contribution is 2.27. The Bertz CT molecular complexity index is 569. The van der Waals surface area contributed by atoms with Gasteiger partial charge in [-0.25, -0.2) is 0 Å². The summed E-state index contributed by atoms with van der Waals surface area (Å²) in [6, 6.07) is 6.70. The Morgan fingerprint density at radius 2 is 1.89 bits per heavy atom. The van der Waals surface area contributed by atoms with Crippen molar-refractivity contribution in [1.29, 1.82) is 0 Å². The van der Waals surface area contributed by atoms with Gasteiger partial charge in [0.1, 0.15) is 0 Å². The minimum absolute atomic E-state index is 0.0775. The first kappa shape index (κ1) is 12.2. The maximum Gasteiger partial charge on any atom is 0.311 e. The number of rotatable bonds is 3. The molecule has 1 aromatic carbocycles. The Labute approximate surface area is 104 Å². The van der Waals surface area contributed by atoms with Gasteiger partial charge in [-0.1, -0.05) is 31.2 Å². The third-order valence-corrected chi connectivity index (χ3v) is 3.07. The fraction of sp³-hybridized carbons (Fsp3) is 0.214. The molecule has 0 saturated carbocycles. The zero-order valence-corrected chi connectivity index (χ0v) is 9.84. The highest BCUT2D eigenvalue weighted by atomic mass is 16.4. The molecule has 4 nitrogen and oxygen atoms in total. The molecule has 0 heterocycles. The first-order chi connectivity index (χ1) is 8.56. The van der Waals surface area contributed by atoms with Crippen molar-refractivity contribution >= 4 is 23.6 Å². The molecule has 1 aliphatic carbocycles. The standard InChI is InChI=1S/C14H12O4/c1-2-9(14(17)18)11-7-8-5-3-4-6-10(8)12(15)13(11)16/h3-7,9H,2H2,1H3,(H,17,18). The molecule has 0 saturated heterocycles. The second kappa shape index (κ2) is 4.56. The molecule has 0 amide bonds. The van der Waals surface area contributed by atoms with Crippen molar-refractivity contribution in [2.75, 3.05) is 0 Å². The largest absolute Gasteiger partial charge is 0.481 e. The first-order valence-corrected chi connectivity index (χ1v) is 5.68. The quantitative estimate of drug-likeness (QED) is 0.825. The number of carbonyl (C=O) groups is 3. The van der Waals surface area contributed by atoms with Crippen LogP contribution in [-0.4, -0.2) is 22.6 Å². The highest BCUT2D eigenvalue weighted by Gasteiger charge is 2.34. The number of aliphatic carboxylic acids is 1. The number of fused-ring (bicyclic) bond motifs is 1. The third kappa shape index (κ3) is 1.86. The lowest BCUT2D eigenvalue weighted by molar-refractivity contribution is -0.141. The first-order valence-electron chi connectivity index (χ1n) is 5.68. The van der Waals surface area contributed by atoms with Crippen LogP contribution in [-0.2, 0) is 9.59 Å². The van der Waals surface area contributed by atoms with Gasteiger partial charge in [0.15, 0.2) is 0 Å². The van der Waals surface area contributed by atoms with Crippen LogP contribution >= 0.6 is 0 Å². The molecule has 1 aliphatic rings. The molecule has 1 aromatic rings. The fourth-order valence-corrected chi connectivity index (χ4v) is 2.10. The predicted octanol–water partition coefficient (Wildman–Crippen LogP) is 1.95. The minimum atomic E-state index is -1.08. The lowest BCUT2D eigenvalue weighted by Gasteiger charge is -2.18. The third-order valence-electron chi connectivity index (χ3n) is 3.07. The maximum absolute atomic E-state index is 11.9. The number of hydrogen-bond acceptors (Lipinski definition) is 3. The molecule has 1 N–H and O–H groups in total. The summed E-state index contributed by atoms with van der Waals surface area (Å²) in [4.78, 5) is 34.9. The Balaban J connectivity index is 2.56. The van der Waals surface area contributed by atoms with Crippen LogP contribution in [0.1, 0.15) is 29.3 Å². The van der Waals surface area contributed by atoms with E-state index in [9.17, 15) is 14.4 Å². The van der Waals surface area contributed by atoms with Crippen molar-refractivity contribution in [3.8, 4) is 0 Å². The van der Waals surface area contributed by atoms with Crippen LogP contribution in [0.5, 0.6) is 0 Å². The average molecular weight is 244 g/mol.